The molecule has 8 heteroatoms. The fourth-order valence-electron chi connectivity index (χ4n) is 2.74. The molecule has 1 aromatic rings. The van der Waals surface area contributed by atoms with E-state index in [0.29, 0.717) is 23.5 Å². The van der Waals surface area contributed by atoms with Crippen molar-refractivity contribution in [3.63, 3.8) is 0 Å². The molecule has 1 atom stereocenters. The predicted octanol–water partition coefficient (Wildman–Crippen LogP) is 2.03. The molecule has 0 saturated carbocycles. The van der Waals surface area contributed by atoms with Crippen molar-refractivity contribution in [1.29, 1.82) is 0 Å². The average Bonchev–Trinajstić information content (AvgIpc) is 2.85. The summed E-state index contributed by atoms with van der Waals surface area (Å²) in [6.07, 6.45) is -1.33. The molecule has 0 unspecified atom stereocenters. The maximum atomic E-state index is 14.3. The van der Waals surface area contributed by atoms with E-state index in [1.54, 1.807) is 33.8 Å². The van der Waals surface area contributed by atoms with Crippen LogP contribution in [0, 0.1) is 5.82 Å². The Morgan fingerprint density at radius 2 is 2.08 bits per heavy atom. The third kappa shape index (κ3) is 5.08. The summed E-state index contributed by atoms with van der Waals surface area (Å²) >= 11 is 0. The van der Waals surface area contributed by atoms with E-state index < -0.39 is 23.6 Å². The first kappa shape index (κ1) is 20.0. The van der Waals surface area contributed by atoms with Crippen LogP contribution in [0.25, 0.3) is 0 Å². The van der Waals surface area contributed by atoms with E-state index in [-0.39, 0.29) is 25.4 Å². The minimum absolute atomic E-state index is 0.00255. The summed E-state index contributed by atoms with van der Waals surface area (Å²) < 4.78 is 19.4. The number of carbonyl (C=O) groups is 2. The van der Waals surface area contributed by atoms with Gasteiger partial charge in [0.15, 0.2) is 0 Å². The van der Waals surface area contributed by atoms with Gasteiger partial charge in [0.25, 0.3) is 0 Å². The van der Waals surface area contributed by atoms with Crippen LogP contribution in [-0.2, 0) is 16.0 Å². The summed E-state index contributed by atoms with van der Waals surface area (Å²) in [6.45, 7) is 7.57. The maximum absolute atomic E-state index is 14.3. The van der Waals surface area contributed by atoms with E-state index in [0.717, 1.165) is 0 Å². The van der Waals surface area contributed by atoms with Crippen LogP contribution in [0.15, 0.2) is 12.1 Å². The number of rotatable bonds is 6. The lowest BCUT2D eigenvalue weighted by molar-refractivity contribution is -0.117. The van der Waals surface area contributed by atoms with Gasteiger partial charge < -0.3 is 25.4 Å². The number of amides is 2. The van der Waals surface area contributed by atoms with Crippen molar-refractivity contribution < 1.29 is 23.8 Å². The molecule has 0 aliphatic carbocycles. The van der Waals surface area contributed by atoms with Crippen molar-refractivity contribution in [2.75, 3.05) is 29.9 Å². The molecule has 1 heterocycles. The highest BCUT2D eigenvalue weighted by Gasteiger charge is 2.29. The molecule has 1 aromatic carbocycles. The van der Waals surface area contributed by atoms with Gasteiger partial charge in [-0.25, -0.2) is 9.18 Å². The molecular formula is C18H26FN3O4. The van der Waals surface area contributed by atoms with Gasteiger partial charge in [0.2, 0.25) is 5.91 Å². The van der Waals surface area contributed by atoms with Crippen molar-refractivity contribution in [3.8, 4) is 0 Å². The summed E-state index contributed by atoms with van der Waals surface area (Å²) in [6, 6.07) is 3.01. The second kappa shape index (κ2) is 7.90. The van der Waals surface area contributed by atoms with Gasteiger partial charge in [-0.05, 0) is 45.4 Å². The van der Waals surface area contributed by atoms with E-state index in [2.05, 4.69) is 10.6 Å². The minimum atomic E-state index is -0.882. The van der Waals surface area contributed by atoms with Crippen molar-refractivity contribution in [1.82, 2.24) is 5.32 Å². The van der Waals surface area contributed by atoms with E-state index in [1.807, 2.05) is 0 Å². The van der Waals surface area contributed by atoms with Crippen molar-refractivity contribution in [2.45, 2.75) is 45.8 Å². The lowest BCUT2D eigenvalue weighted by Gasteiger charge is -2.21. The second-order valence-electron chi connectivity index (χ2n) is 7.20. The zero-order valence-corrected chi connectivity index (χ0v) is 15.6. The molecule has 1 aliphatic heterocycles. The zero-order valence-electron chi connectivity index (χ0n) is 15.6. The molecule has 0 saturated heterocycles. The number of hydrogen-bond donors (Lipinski definition) is 3. The molecule has 7 nitrogen and oxygen atoms in total. The van der Waals surface area contributed by atoms with Gasteiger partial charge in [0, 0.05) is 25.3 Å². The number of likely N-dealkylation sites (N-methyl/N-ethyl adjacent to an activating group) is 1. The molecular weight excluding hydrogens is 341 g/mol. The van der Waals surface area contributed by atoms with Gasteiger partial charge >= 0.3 is 6.09 Å². The van der Waals surface area contributed by atoms with Crippen LogP contribution < -0.4 is 15.5 Å². The van der Waals surface area contributed by atoms with Gasteiger partial charge in [0.05, 0.1) is 18.2 Å². The molecule has 2 amide bonds. The molecule has 3 N–H and O–H groups in total. The summed E-state index contributed by atoms with van der Waals surface area (Å²) in [5.74, 6) is -0.598. The fourth-order valence-corrected chi connectivity index (χ4v) is 2.74. The predicted molar refractivity (Wildman–Crippen MR) is 96.9 cm³/mol. The summed E-state index contributed by atoms with van der Waals surface area (Å²) in [7, 11) is 0. The molecule has 0 spiro atoms. The van der Waals surface area contributed by atoms with Gasteiger partial charge in [0.1, 0.15) is 11.4 Å². The molecule has 0 aromatic heterocycles. The number of hydrogen-bond acceptors (Lipinski definition) is 5. The Morgan fingerprint density at radius 3 is 2.69 bits per heavy atom. The van der Waals surface area contributed by atoms with E-state index >= 15 is 0 Å². The van der Waals surface area contributed by atoms with Gasteiger partial charge in [-0.2, -0.15) is 0 Å². The number of halogens is 1. The van der Waals surface area contributed by atoms with Gasteiger partial charge in [-0.15, -0.1) is 0 Å². The van der Waals surface area contributed by atoms with E-state index in [1.165, 1.54) is 11.0 Å². The Kier molecular flexibility index (Phi) is 6.07. The van der Waals surface area contributed by atoms with Crippen molar-refractivity contribution in [2.24, 2.45) is 0 Å². The topological polar surface area (TPSA) is 90.9 Å². The Balaban J connectivity index is 1.88. The number of alkyl carbamates (subject to hydrolysis) is 1. The molecule has 0 fully saturated rings. The number of benzene rings is 1. The van der Waals surface area contributed by atoms with Crippen molar-refractivity contribution >= 4 is 23.4 Å². The number of aliphatic hydroxyl groups is 1. The highest BCUT2D eigenvalue weighted by Crippen LogP contribution is 2.34. The molecule has 0 radical (unpaired) electrons. The minimum Gasteiger partial charge on any atom is -0.444 e. The normalized spacial score (nSPS) is 14.8. The Labute approximate surface area is 152 Å². The van der Waals surface area contributed by atoms with Crippen LogP contribution in [0.1, 0.15) is 33.3 Å². The largest absolute Gasteiger partial charge is 0.444 e. The number of carbonyl (C=O) groups excluding carboxylic acids is 2. The Morgan fingerprint density at radius 1 is 1.38 bits per heavy atom. The lowest BCUT2D eigenvalue weighted by Crippen LogP contribution is -2.39. The number of ether oxygens (including phenoxy) is 1. The quantitative estimate of drug-likeness (QED) is 0.716. The van der Waals surface area contributed by atoms with E-state index in [4.69, 9.17) is 4.74 Å². The van der Waals surface area contributed by atoms with Crippen LogP contribution >= 0.6 is 0 Å². The highest BCUT2D eigenvalue weighted by atomic mass is 19.1. The summed E-state index contributed by atoms with van der Waals surface area (Å²) in [5, 5.41) is 15.3. The molecule has 144 valence electrons. The summed E-state index contributed by atoms with van der Waals surface area (Å²) in [4.78, 5) is 24.9. The molecule has 2 rings (SSSR count). The smallest absolute Gasteiger partial charge is 0.407 e. The van der Waals surface area contributed by atoms with E-state index in [9.17, 15) is 19.1 Å². The number of nitrogens with zero attached hydrogens (tertiary/aromatic N) is 1. The van der Waals surface area contributed by atoms with Gasteiger partial charge in [-0.3, -0.25) is 4.79 Å². The standard InChI is InChI=1S/C18H26FN3O4/c1-5-22-15(24)7-11-6-12(8-14(19)16(11)22)20-9-13(23)10-21-17(25)26-18(2,3)4/h6,8,13,20,23H,5,7,9-10H2,1-4H3,(H,21,25)/t13-/m1/s1. The third-order valence-corrected chi connectivity index (χ3v) is 3.79. The molecule has 26 heavy (non-hydrogen) atoms. The Bertz CT molecular complexity index is 688. The number of aliphatic hydroxyl groups excluding tert-OH is 1. The van der Waals surface area contributed by atoms with Gasteiger partial charge in [-0.1, -0.05) is 0 Å². The second-order valence-corrected chi connectivity index (χ2v) is 7.20. The molecule has 1 aliphatic rings. The number of fused-ring (bicyclic) bond motifs is 1. The van der Waals surface area contributed by atoms with Crippen LogP contribution in [0.3, 0.4) is 0 Å². The first-order valence-corrected chi connectivity index (χ1v) is 8.62. The average molecular weight is 367 g/mol. The number of nitrogens with one attached hydrogen (secondary N) is 2. The van der Waals surface area contributed by atoms with Crippen LogP contribution in [0.5, 0.6) is 0 Å². The first-order chi connectivity index (χ1) is 12.1. The van der Waals surface area contributed by atoms with Crippen molar-refractivity contribution in [3.05, 3.63) is 23.5 Å². The summed E-state index contributed by atoms with van der Waals surface area (Å²) in [5.41, 5.74) is 0.818. The zero-order chi connectivity index (χ0) is 19.5. The third-order valence-electron chi connectivity index (χ3n) is 3.79. The van der Waals surface area contributed by atoms with Crippen LogP contribution in [0.2, 0.25) is 0 Å². The monoisotopic (exact) mass is 367 g/mol. The Hall–Kier alpha value is -2.35. The number of anilines is 2. The highest BCUT2D eigenvalue weighted by molar-refractivity contribution is 6.01. The van der Waals surface area contributed by atoms with Crippen LogP contribution in [-0.4, -0.2) is 48.4 Å². The first-order valence-electron chi connectivity index (χ1n) is 8.62. The maximum Gasteiger partial charge on any atom is 0.407 e. The fraction of sp³-hybridized carbons (Fsp3) is 0.556. The lowest BCUT2D eigenvalue weighted by atomic mass is 10.1. The van der Waals surface area contributed by atoms with Crippen LogP contribution in [0.4, 0.5) is 20.6 Å². The molecule has 0 bridgehead atoms. The SMILES string of the molecule is CCN1C(=O)Cc2cc(NC[C@@H](O)CNC(=O)OC(C)(C)C)cc(F)c21.